The first-order valence-corrected chi connectivity index (χ1v) is 6.01. The van der Waals surface area contributed by atoms with Crippen LogP contribution >= 0.6 is 0 Å². The Morgan fingerprint density at radius 1 is 1.00 bits per heavy atom. The zero-order valence-electron chi connectivity index (χ0n) is 10.6. The highest BCUT2D eigenvalue weighted by molar-refractivity contribution is 5.79. The number of imidazole rings is 1. The van der Waals surface area contributed by atoms with Crippen LogP contribution < -0.4 is 5.73 Å². The minimum Gasteiger partial charge on any atom is -0.369 e. The highest BCUT2D eigenvalue weighted by Crippen LogP contribution is 2.24. The quantitative estimate of drug-likeness (QED) is 0.738. The van der Waals surface area contributed by atoms with Gasteiger partial charge in [-0.3, -0.25) is 0 Å². The molecule has 0 bridgehead atoms. The molecule has 7 heteroatoms. The van der Waals surface area contributed by atoms with E-state index in [2.05, 4.69) is 4.98 Å². The molecule has 0 aliphatic carbocycles. The van der Waals surface area contributed by atoms with Crippen molar-refractivity contribution in [3.8, 4) is 0 Å². The van der Waals surface area contributed by atoms with E-state index < -0.39 is 23.3 Å². The molecule has 0 spiro atoms. The fraction of sp³-hybridized carbons (Fsp3) is 0.0714. The molecule has 0 saturated heterocycles. The van der Waals surface area contributed by atoms with Gasteiger partial charge < -0.3 is 10.3 Å². The van der Waals surface area contributed by atoms with Gasteiger partial charge in [-0.25, -0.2) is 22.5 Å². The van der Waals surface area contributed by atoms with Crippen molar-refractivity contribution < 1.29 is 17.6 Å². The normalized spacial score (nSPS) is 11.2. The summed E-state index contributed by atoms with van der Waals surface area (Å²) in [6.45, 7) is -0.186. The lowest BCUT2D eigenvalue weighted by Crippen LogP contribution is -2.07. The first-order chi connectivity index (χ1) is 9.97. The van der Waals surface area contributed by atoms with Gasteiger partial charge in [0.05, 0.1) is 12.1 Å². The molecule has 2 aromatic carbocycles. The molecule has 108 valence electrons. The van der Waals surface area contributed by atoms with E-state index in [9.17, 15) is 17.6 Å². The van der Waals surface area contributed by atoms with Crippen molar-refractivity contribution >= 4 is 17.0 Å². The molecule has 1 heterocycles. The van der Waals surface area contributed by atoms with Gasteiger partial charge in [0.2, 0.25) is 5.95 Å². The van der Waals surface area contributed by atoms with Crippen LogP contribution in [0.25, 0.3) is 11.0 Å². The molecular weight excluding hydrogens is 286 g/mol. The van der Waals surface area contributed by atoms with Gasteiger partial charge >= 0.3 is 0 Å². The zero-order chi connectivity index (χ0) is 15.1. The Morgan fingerprint density at radius 3 is 2.48 bits per heavy atom. The van der Waals surface area contributed by atoms with Gasteiger partial charge in [0.15, 0.2) is 11.6 Å². The number of rotatable bonds is 2. The molecule has 0 unspecified atom stereocenters. The fourth-order valence-corrected chi connectivity index (χ4v) is 2.16. The van der Waals surface area contributed by atoms with Crippen LogP contribution in [0.3, 0.4) is 0 Å². The molecule has 0 aliphatic heterocycles. The van der Waals surface area contributed by atoms with Gasteiger partial charge in [-0.2, -0.15) is 0 Å². The van der Waals surface area contributed by atoms with Crippen molar-refractivity contribution in [2.24, 2.45) is 0 Å². The molecule has 2 N–H and O–H groups in total. The Labute approximate surface area is 116 Å². The molecular formula is C14H9F4N3. The molecule has 0 atom stereocenters. The maximum atomic E-state index is 13.9. The van der Waals surface area contributed by atoms with E-state index in [4.69, 9.17) is 5.73 Å². The fourth-order valence-electron chi connectivity index (χ4n) is 2.16. The minimum absolute atomic E-state index is 0.0850. The Balaban J connectivity index is 2.16. The number of benzene rings is 2. The predicted molar refractivity (Wildman–Crippen MR) is 69.5 cm³/mol. The lowest BCUT2D eigenvalue weighted by molar-refractivity contribution is 0.512. The Hall–Kier alpha value is -2.57. The van der Waals surface area contributed by atoms with E-state index >= 15 is 0 Å². The summed E-state index contributed by atoms with van der Waals surface area (Å²) in [7, 11) is 0. The summed E-state index contributed by atoms with van der Waals surface area (Å²) in [5.74, 6) is -3.77. The first kappa shape index (κ1) is 13.4. The molecule has 1 aromatic heterocycles. The van der Waals surface area contributed by atoms with Crippen LogP contribution in [0.15, 0.2) is 30.3 Å². The van der Waals surface area contributed by atoms with Crippen LogP contribution in [0.2, 0.25) is 0 Å². The number of nitrogens with two attached hydrogens (primary N) is 1. The Bertz CT molecular complexity index is 842. The summed E-state index contributed by atoms with van der Waals surface area (Å²) in [6.07, 6.45) is 0. The van der Waals surface area contributed by atoms with Gasteiger partial charge in [0.25, 0.3) is 0 Å². The summed E-state index contributed by atoms with van der Waals surface area (Å²) in [6, 6.07) is 5.22. The van der Waals surface area contributed by atoms with Gasteiger partial charge in [0, 0.05) is 11.6 Å². The Kier molecular flexibility index (Phi) is 3.04. The van der Waals surface area contributed by atoms with Crippen LogP contribution in [0.1, 0.15) is 5.56 Å². The second-order valence-electron chi connectivity index (χ2n) is 4.52. The highest BCUT2D eigenvalue weighted by atomic mass is 19.2. The average molecular weight is 295 g/mol. The molecule has 0 aliphatic rings. The Morgan fingerprint density at radius 2 is 1.76 bits per heavy atom. The zero-order valence-corrected chi connectivity index (χ0v) is 10.6. The van der Waals surface area contributed by atoms with Crippen molar-refractivity contribution in [3.63, 3.8) is 0 Å². The third-order valence-corrected chi connectivity index (χ3v) is 3.17. The highest BCUT2D eigenvalue weighted by Gasteiger charge is 2.17. The second kappa shape index (κ2) is 4.76. The molecule has 0 amide bonds. The first-order valence-electron chi connectivity index (χ1n) is 6.01. The lowest BCUT2D eigenvalue weighted by Gasteiger charge is -2.08. The van der Waals surface area contributed by atoms with E-state index in [1.807, 2.05) is 0 Å². The monoisotopic (exact) mass is 295 g/mol. The maximum Gasteiger partial charge on any atom is 0.201 e. The summed E-state index contributed by atoms with van der Waals surface area (Å²) in [5, 5.41) is 0. The van der Waals surface area contributed by atoms with Crippen LogP contribution in [-0.2, 0) is 6.54 Å². The molecule has 3 aromatic rings. The maximum absolute atomic E-state index is 13.9. The van der Waals surface area contributed by atoms with E-state index in [1.54, 1.807) is 0 Å². The molecule has 3 nitrogen and oxygen atoms in total. The van der Waals surface area contributed by atoms with Crippen LogP contribution in [0, 0.1) is 23.3 Å². The number of nitrogen functional groups attached to an aromatic ring is 1. The van der Waals surface area contributed by atoms with Crippen LogP contribution in [0.4, 0.5) is 23.5 Å². The van der Waals surface area contributed by atoms with E-state index in [0.29, 0.717) is 6.07 Å². The number of hydrogen-bond acceptors (Lipinski definition) is 2. The second-order valence-corrected chi connectivity index (χ2v) is 4.52. The number of anilines is 1. The van der Waals surface area contributed by atoms with Crippen molar-refractivity contribution in [2.75, 3.05) is 5.73 Å². The van der Waals surface area contributed by atoms with Crippen molar-refractivity contribution in [1.82, 2.24) is 9.55 Å². The van der Waals surface area contributed by atoms with Gasteiger partial charge in [-0.15, -0.1) is 0 Å². The van der Waals surface area contributed by atoms with Crippen LogP contribution in [-0.4, -0.2) is 9.55 Å². The van der Waals surface area contributed by atoms with Gasteiger partial charge in [-0.1, -0.05) is 6.07 Å². The third kappa shape index (κ3) is 2.20. The average Bonchev–Trinajstić information content (AvgIpc) is 2.74. The number of aromatic nitrogens is 2. The smallest absolute Gasteiger partial charge is 0.201 e. The van der Waals surface area contributed by atoms with E-state index in [1.165, 1.54) is 12.1 Å². The lowest BCUT2D eigenvalue weighted by atomic mass is 10.2. The molecule has 21 heavy (non-hydrogen) atoms. The van der Waals surface area contributed by atoms with Gasteiger partial charge in [0.1, 0.15) is 17.2 Å². The standard InChI is InChI=1S/C14H9F4N3/c15-8-2-1-7(10(17)5-8)6-21-13-11(20-14(21)19)4-3-9(16)12(13)18/h1-5H,6H2,(H2,19,20). The largest absolute Gasteiger partial charge is 0.369 e. The molecule has 0 saturated carbocycles. The van der Waals surface area contributed by atoms with Crippen molar-refractivity contribution in [3.05, 3.63) is 59.2 Å². The van der Waals surface area contributed by atoms with E-state index in [-0.39, 0.29) is 29.1 Å². The molecule has 3 rings (SSSR count). The number of nitrogens with zero attached hydrogens (tertiary/aromatic N) is 2. The predicted octanol–water partition coefficient (Wildman–Crippen LogP) is 3.22. The van der Waals surface area contributed by atoms with Crippen molar-refractivity contribution in [2.45, 2.75) is 6.54 Å². The summed E-state index contributed by atoms with van der Waals surface area (Å²) in [4.78, 5) is 3.90. The molecule has 0 radical (unpaired) electrons. The van der Waals surface area contributed by atoms with Crippen molar-refractivity contribution in [1.29, 1.82) is 0 Å². The topological polar surface area (TPSA) is 43.8 Å². The minimum atomic E-state index is -1.11. The summed E-state index contributed by atoms with van der Waals surface area (Å²) >= 11 is 0. The van der Waals surface area contributed by atoms with E-state index in [0.717, 1.165) is 16.7 Å². The number of fused-ring (bicyclic) bond motifs is 1. The van der Waals surface area contributed by atoms with Crippen LogP contribution in [0.5, 0.6) is 0 Å². The number of hydrogen-bond donors (Lipinski definition) is 1. The SMILES string of the molecule is Nc1nc2ccc(F)c(F)c2n1Cc1ccc(F)cc1F. The van der Waals surface area contributed by atoms with Gasteiger partial charge in [-0.05, 0) is 18.2 Å². The third-order valence-electron chi connectivity index (χ3n) is 3.17. The summed E-state index contributed by atoms with van der Waals surface area (Å²) < 4.78 is 54.9. The molecule has 0 fully saturated rings. The number of halogens is 4. The summed E-state index contributed by atoms with van der Waals surface area (Å²) in [5.41, 5.74) is 5.76.